The maximum Gasteiger partial charge on any atom is 0.326 e. The topological polar surface area (TPSA) is 78.4 Å². The van der Waals surface area contributed by atoms with Crippen LogP contribution in [0.4, 0.5) is 5.69 Å². The molecular weight excluding hydrogens is 268 g/mol. The lowest BCUT2D eigenvalue weighted by Gasteiger charge is -2.17. The standard InChI is InChI=1S/C16H24N2O3/c1-10(2)8-13(16(20)21)18-14(19)9-17-15-11(3)6-5-7-12(15)4/h5-7,10,13,17H,8-9H2,1-4H3,(H,18,19)(H,20,21)/t13-/m0/s1. The zero-order valence-electron chi connectivity index (χ0n) is 13.1. The summed E-state index contributed by atoms with van der Waals surface area (Å²) >= 11 is 0. The number of hydrogen-bond acceptors (Lipinski definition) is 3. The molecule has 1 amide bonds. The van der Waals surface area contributed by atoms with Crippen LogP contribution in [0.25, 0.3) is 0 Å². The van der Waals surface area contributed by atoms with Crippen LogP contribution in [0.15, 0.2) is 18.2 Å². The van der Waals surface area contributed by atoms with Gasteiger partial charge in [-0.1, -0.05) is 32.0 Å². The average Bonchev–Trinajstić information content (AvgIpc) is 2.36. The maximum atomic E-state index is 11.9. The predicted molar refractivity (Wildman–Crippen MR) is 83.4 cm³/mol. The minimum Gasteiger partial charge on any atom is -0.480 e. The summed E-state index contributed by atoms with van der Waals surface area (Å²) in [6.07, 6.45) is 0.421. The highest BCUT2D eigenvalue weighted by molar-refractivity contribution is 5.86. The molecule has 0 heterocycles. The number of amides is 1. The number of carbonyl (C=O) groups is 2. The second-order valence-electron chi connectivity index (χ2n) is 5.71. The van der Waals surface area contributed by atoms with E-state index in [1.165, 1.54) is 0 Å². The van der Waals surface area contributed by atoms with E-state index >= 15 is 0 Å². The molecule has 1 rings (SSSR count). The Kier molecular flexibility index (Phi) is 6.21. The molecule has 0 saturated carbocycles. The molecule has 0 aliphatic heterocycles. The Morgan fingerprint density at radius 3 is 2.24 bits per heavy atom. The van der Waals surface area contributed by atoms with Crippen molar-refractivity contribution < 1.29 is 14.7 Å². The van der Waals surface area contributed by atoms with Crippen LogP contribution >= 0.6 is 0 Å². The van der Waals surface area contributed by atoms with Crippen molar-refractivity contribution in [3.63, 3.8) is 0 Å². The number of aryl methyl sites for hydroxylation is 2. The molecule has 0 aromatic heterocycles. The Hall–Kier alpha value is -2.04. The SMILES string of the molecule is Cc1cccc(C)c1NCC(=O)N[C@@H](CC(C)C)C(=O)O. The van der Waals surface area contributed by atoms with Gasteiger partial charge < -0.3 is 15.7 Å². The predicted octanol–water partition coefficient (Wildman–Crippen LogP) is 2.33. The molecule has 0 aliphatic rings. The summed E-state index contributed by atoms with van der Waals surface area (Å²) < 4.78 is 0. The second kappa shape index (κ2) is 7.67. The third kappa shape index (κ3) is 5.45. The van der Waals surface area contributed by atoms with E-state index in [9.17, 15) is 9.59 Å². The number of carbonyl (C=O) groups excluding carboxylic acids is 1. The van der Waals surface area contributed by atoms with E-state index in [2.05, 4.69) is 10.6 Å². The first kappa shape index (κ1) is 17.0. The van der Waals surface area contributed by atoms with Gasteiger partial charge in [0.1, 0.15) is 6.04 Å². The van der Waals surface area contributed by atoms with Crippen molar-refractivity contribution in [3.8, 4) is 0 Å². The number of aliphatic carboxylic acids is 1. The van der Waals surface area contributed by atoms with Crippen LogP contribution in [-0.4, -0.2) is 29.6 Å². The number of hydrogen-bond donors (Lipinski definition) is 3. The maximum absolute atomic E-state index is 11.9. The van der Waals surface area contributed by atoms with Gasteiger partial charge in [-0.2, -0.15) is 0 Å². The fourth-order valence-electron chi connectivity index (χ4n) is 2.20. The van der Waals surface area contributed by atoms with E-state index in [1.54, 1.807) is 0 Å². The van der Waals surface area contributed by atoms with Crippen molar-refractivity contribution in [1.82, 2.24) is 5.32 Å². The van der Waals surface area contributed by atoms with Gasteiger partial charge in [-0.25, -0.2) is 4.79 Å². The summed E-state index contributed by atoms with van der Waals surface area (Å²) in [5.74, 6) is -1.10. The number of benzene rings is 1. The van der Waals surface area contributed by atoms with Gasteiger partial charge in [0.15, 0.2) is 0 Å². The lowest BCUT2D eigenvalue weighted by atomic mass is 10.0. The minimum atomic E-state index is -0.996. The van der Waals surface area contributed by atoms with Crippen LogP contribution in [-0.2, 0) is 9.59 Å². The Morgan fingerprint density at radius 1 is 1.19 bits per heavy atom. The van der Waals surface area contributed by atoms with Crippen molar-refractivity contribution >= 4 is 17.6 Å². The summed E-state index contributed by atoms with van der Waals surface area (Å²) in [4.78, 5) is 23.0. The van der Waals surface area contributed by atoms with Gasteiger partial charge in [-0.15, -0.1) is 0 Å². The summed E-state index contributed by atoms with van der Waals surface area (Å²) in [5, 5.41) is 14.7. The summed E-state index contributed by atoms with van der Waals surface area (Å²) in [5.41, 5.74) is 3.03. The zero-order valence-corrected chi connectivity index (χ0v) is 13.1. The highest BCUT2D eigenvalue weighted by Crippen LogP contribution is 2.18. The number of rotatable bonds is 7. The van der Waals surface area contributed by atoms with Crippen molar-refractivity contribution in [2.75, 3.05) is 11.9 Å². The summed E-state index contributed by atoms with van der Waals surface area (Å²) in [6, 6.07) is 5.05. The normalized spacial score (nSPS) is 12.0. The molecule has 0 bridgehead atoms. The van der Waals surface area contributed by atoms with E-state index in [4.69, 9.17) is 5.11 Å². The van der Waals surface area contributed by atoms with Crippen LogP contribution in [0.2, 0.25) is 0 Å². The molecule has 1 aromatic carbocycles. The molecule has 0 aliphatic carbocycles. The second-order valence-corrected chi connectivity index (χ2v) is 5.71. The summed E-state index contributed by atoms with van der Waals surface area (Å²) in [7, 11) is 0. The van der Waals surface area contributed by atoms with Gasteiger partial charge in [0.2, 0.25) is 5.91 Å². The molecule has 0 saturated heterocycles. The van der Waals surface area contributed by atoms with Crippen molar-refractivity contribution in [2.24, 2.45) is 5.92 Å². The first-order valence-corrected chi connectivity index (χ1v) is 7.13. The molecule has 3 N–H and O–H groups in total. The Morgan fingerprint density at radius 2 is 1.76 bits per heavy atom. The Bertz CT molecular complexity index is 492. The molecule has 0 fully saturated rings. The van der Waals surface area contributed by atoms with Crippen LogP contribution < -0.4 is 10.6 Å². The number of nitrogens with one attached hydrogen (secondary N) is 2. The Labute approximate surface area is 125 Å². The fourth-order valence-corrected chi connectivity index (χ4v) is 2.20. The van der Waals surface area contributed by atoms with E-state index in [-0.39, 0.29) is 18.4 Å². The van der Waals surface area contributed by atoms with Crippen LogP contribution in [0, 0.1) is 19.8 Å². The van der Waals surface area contributed by atoms with Crippen LogP contribution in [0.1, 0.15) is 31.4 Å². The average molecular weight is 292 g/mol. The quantitative estimate of drug-likeness (QED) is 0.720. The largest absolute Gasteiger partial charge is 0.480 e. The highest BCUT2D eigenvalue weighted by Gasteiger charge is 2.20. The molecular formula is C16H24N2O3. The first-order valence-electron chi connectivity index (χ1n) is 7.13. The van der Waals surface area contributed by atoms with Gasteiger partial charge in [-0.3, -0.25) is 4.79 Å². The van der Waals surface area contributed by atoms with Crippen molar-refractivity contribution in [2.45, 2.75) is 40.2 Å². The summed E-state index contributed by atoms with van der Waals surface area (Å²) in [6.45, 7) is 7.85. The molecule has 116 valence electrons. The van der Waals surface area contributed by atoms with E-state index < -0.39 is 12.0 Å². The van der Waals surface area contributed by atoms with Crippen molar-refractivity contribution in [3.05, 3.63) is 29.3 Å². The van der Waals surface area contributed by atoms with Gasteiger partial charge in [0, 0.05) is 5.69 Å². The van der Waals surface area contributed by atoms with Gasteiger partial charge in [0.05, 0.1) is 6.54 Å². The third-order valence-electron chi connectivity index (χ3n) is 3.25. The van der Waals surface area contributed by atoms with Gasteiger partial charge >= 0.3 is 5.97 Å². The molecule has 1 atom stereocenters. The van der Waals surface area contributed by atoms with E-state index in [1.807, 2.05) is 45.9 Å². The number of carboxylic acid groups (broad SMARTS) is 1. The molecule has 5 nitrogen and oxygen atoms in total. The fraction of sp³-hybridized carbons (Fsp3) is 0.500. The molecule has 0 radical (unpaired) electrons. The molecule has 21 heavy (non-hydrogen) atoms. The lowest BCUT2D eigenvalue weighted by molar-refractivity contribution is -0.142. The van der Waals surface area contributed by atoms with Crippen LogP contribution in [0.5, 0.6) is 0 Å². The van der Waals surface area contributed by atoms with Gasteiger partial charge in [0.25, 0.3) is 0 Å². The third-order valence-corrected chi connectivity index (χ3v) is 3.25. The lowest BCUT2D eigenvalue weighted by Crippen LogP contribution is -2.44. The first-order chi connectivity index (χ1) is 9.81. The number of carboxylic acids is 1. The zero-order chi connectivity index (χ0) is 16.0. The molecule has 0 unspecified atom stereocenters. The number of anilines is 1. The molecule has 1 aromatic rings. The number of para-hydroxylation sites is 1. The van der Waals surface area contributed by atoms with E-state index in [0.717, 1.165) is 16.8 Å². The van der Waals surface area contributed by atoms with E-state index in [0.29, 0.717) is 6.42 Å². The Balaban J connectivity index is 2.59. The van der Waals surface area contributed by atoms with Gasteiger partial charge in [-0.05, 0) is 37.3 Å². The smallest absolute Gasteiger partial charge is 0.326 e. The monoisotopic (exact) mass is 292 g/mol. The molecule has 5 heteroatoms. The van der Waals surface area contributed by atoms with Crippen LogP contribution in [0.3, 0.4) is 0 Å². The van der Waals surface area contributed by atoms with Crippen molar-refractivity contribution in [1.29, 1.82) is 0 Å². The molecule has 0 spiro atoms. The highest BCUT2D eigenvalue weighted by atomic mass is 16.4. The minimum absolute atomic E-state index is 0.0631.